The monoisotopic (exact) mass is 206 g/mol. The Balaban J connectivity index is 3.19. The van der Waals surface area contributed by atoms with Crippen molar-refractivity contribution < 1.29 is 5.11 Å². The van der Waals surface area contributed by atoms with Gasteiger partial charge in [0.2, 0.25) is 0 Å². The van der Waals surface area contributed by atoms with E-state index in [-0.39, 0.29) is 6.61 Å². The highest BCUT2D eigenvalue weighted by atomic mass is 16.3. The van der Waals surface area contributed by atoms with E-state index in [4.69, 9.17) is 0 Å². The Bertz CT molecular complexity index is 361. The summed E-state index contributed by atoms with van der Waals surface area (Å²) in [6, 6.07) is 1.98. The summed E-state index contributed by atoms with van der Waals surface area (Å²) in [5.41, 5.74) is 2.94. The second-order valence-electron chi connectivity index (χ2n) is 3.71. The Morgan fingerprint density at radius 1 is 1.53 bits per heavy atom. The molecule has 0 aromatic carbocycles. The highest BCUT2D eigenvalue weighted by Crippen LogP contribution is 2.21. The van der Waals surface area contributed by atoms with E-state index in [2.05, 4.69) is 11.6 Å². The third-order valence-electron chi connectivity index (χ3n) is 2.38. The number of aliphatic hydroxyl groups is 1. The van der Waals surface area contributed by atoms with Gasteiger partial charge in [0.05, 0.1) is 6.61 Å². The standard InChI is InChI=1S/C12H18N2O/c1-5-6-14(4)12-11(8-15)9(2)7-10(3)13-12/h5,7,15H,1,6,8H2,2-4H3. The van der Waals surface area contributed by atoms with Gasteiger partial charge in [0.1, 0.15) is 5.82 Å². The molecule has 0 unspecified atom stereocenters. The van der Waals surface area contributed by atoms with Crippen molar-refractivity contribution in [2.45, 2.75) is 20.5 Å². The molecule has 1 rings (SSSR count). The average Bonchev–Trinajstić information content (AvgIpc) is 2.17. The molecule has 0 aliphatic rings. The Morgan fingerprint density at radius 2 is 2.20 bits per heavy atom. The summed E-state index contributed by atoms with van der Waals surface area (Å²) < 4.78 is 0. The average molecular weight is 206 g/mol. The van der Waals surface area contributed by atoms with E-state index in [0.717, 1.165) is 29.2 Å². The van der Waals surface area contributed by atoms with Crippen molar-refractivity contribution in [1.82, 2.24) is 4.98 Å². The lowest BCUT2D eigenvalue weighted by molar-refractivity contribution is 0.281. The zero-order chi connectivity index (χ0) is 11.4. The minimum Gasteiger partial charge on any atom is -0.392 e. The van der Waals surface area contributed by atoms with Gasteiger partial charge in [-0.2, -0.15) is 0 Å². The predicted molar refractivity (Wildman–Crippen MR) is 63.1 cm³/mol. The van der Waals surface area contributed by atoms with E-state index in [1.807, 2.05) is 37.9 Å². The summed E-state index contributed by atoms with van der Waals surface area (Å²) in [7, 11) is 1.95. The molecule has 3 heteroatoms. The lowest BCUT2D eigenvalue weighted by atomic mass is 10.1. The molecular weight excluding hydrogens is 188 g/mol. The maximum Gasteiger partial charge on any atom is 0.134 e. The fourth-order valence-corrected chi connectivity index (χ4v) is 1.63. The third-order valence-corrected chi connectivity index (χ3v) is 2.38. The van der Waals surface area contributed by atoms with Crippen molar-refractivity contribution in [2.75, 3.05) is 18.5 Å². The number of hydrogen-bond donors (Lipinski definition) is 1. The summed E-state index contributed by atoms with van der Waals surface area (Å²) in [5, 5.41) is 9.31. The van der Waals surface area contributed by atoms with Gasteiger partial charge in [-0.1, -0.05) is 6.08 Å². The Morgan fingerprint density at radius 3 is 2.73 bits per heavy atom. The van der Waals surface area contributed by atoms with Gasteiger partial charge < -0.3 is 10.0 Å². The fourth-order valence-electron chi connectivity index (χ4n) is 1.63. The first-order valence-electron chi connectivity index (χ1n) is 5.00. The van der Waals surface area contributed by atoms with Crippen LogP contribution in [0, 0.1) is 13.8 Å². The van der Waals surface area contributed by atoms with Crippen molar-refractivity contribution in [2.24, 2.45) is 0 Å². The van der Waals surface area contributed by atoms with Gasteiger partial charge in [0.25, 0.3) is 0 Å². The summed E-state index contributed by atoms with van der Waals surface area (Å²) in [6.45, 7) is 8.39. The molecule has 0 atom stereocenters. The van der Waals surface area contributed by atoms with Crippen LogP contribution in [0.5, 0.6) is 0 Å². The number of nitrogens with zero attached hydrogens (tertiary/aromatic N) is 2. The number of aromatic nitrogens is 1. The van der Waals surface area contributed by atoms with Gasteiger partial charge >= 0.3 is 0 Å². The zero-order valence-electron chi connectivity index (χ0n) is 9.62. The van der Waals surface area contributed by atoms with Gasteiger partial charge in [-0.05, 0) is 25.5 Å². The van der Waals surface area contributed by atoms with Crippen LogP contribution in [0.2, 0.25) is 0 Å². The summed E-state index contributed by atoms with van der Waals surface area (Å²) in [6.07, 6.45) is 1.82. The van der Waals surface area contributed by atoms with E-state index in [1.165, 1.54) is 0 Å². The first-order chi connectivity index (χ1) is 7.10. The van der Waals surface area contributed by atoms with E-state index in [9.17, 15) is 5.11 Å². The van der Waals surface area contributed by atoms with Crippen LogP contribution in [0.1, 0.15) is 16.8 Å². The zero-order valence-corrected chi connectivity index (χ0v) is 9.62. The lowest BCUT2D eigenvalue weighted by Gasteiger charge is -2.20. The smallest absolute Gasteiger partial charge is 0.134 e. The molecule has 1 N–H and O–H groups in total. The molecule has 1 aromatic rings. The number of anilines is 1. The second-order valence-corrected chi connectivity index (χ2v) is 3.71. The number of hydrogen-bond acceptors (Lipinski definition) is 3. The van der Waals surface area contributed by atoms with Crippen molar-refractivity contribution in [1.29, 1.82) is 0 Å². The minimum absolute atomic E-state index is 0.0237. The van der Waals surface area contributed by atoms with E-state index >= 15 is 0 Å². The molecule has 1 aromatic heterocycles. The first-order valence-corrected chi connectivity index (χ1v) is 5.00. The number of aliphatic hydroxyl groups excluding tert-OH is 1. The SMILES string of the molecule is C=CCN(C)c1nc(C)cc(C)c1CO. The van der Waals surface area contributed by atoms with Crippen molar-refractivity contribution in [3.05, 3.63) is 35.5 Å². The summed E-state index contributed by atoms with van der Waals surface area (Å²) in [4.78, 5) is 6.43. The molecule has 1 heterocycles. The molecule has 3 nitrogen and oxygen atoms in total. The minimum atomic E-state index is 0.0237. The summed E-state index contributed by atoms with van der Waals surface area (Å²) >= 11 is 0. The molecule has 0 bridgehead atoms. The maximum absolute atomic E-state index is 9.31. The molecule has 0 spiro atoms. The number of likely N-dealkylation sites (N-methyl/N-ethyl adjacent to an activating group) is 1. The molecule has 0 radical (unpaired) electrons. The lowest BCUT2D eigenvalue weighted by Crippen LogP contribution is -2.20. The van der Waals surface area contributed by atoms with Crippen LogP contribution >= 0.6 is 0 Å². The molecule has 82 valence electrons. The number of rotatable bonds is 4. The highest BCUT2D eigenvalue weighted by Gasteiger charge is 2.10. The highest BCUT2D eigenvalue weighted by molar-refractivity contribution is 5.51. The summed E-state index contributed by atoms with van der Waals surface area (Å²) in [5.74, 6) is 0.842. The first kappa shape index (κ1) is 11.7. The molecule has 0 saturated heterocycles. The van der Waals surface area contributed by atoms with Crippen LogP contribution in [0.15, 0.2) is 18.7 Å². The second kappa shape index (κ2) is 4.94. The number of pyridine rings is 1. The maximum atomic E-state index is 9.31. The van der Waals surface area contributed by atoms with Crippen LogP contribution in [-0.2, 0) is 6.61 Å². The third kappa shape index (κ3) is 2.57. The van der Waals surface area contributed by atoms with Crippen molar-refractivity contribution in [3.8, 4) is 0 Å². The largest absolute Gasteiger partial charge is 0.392 e. The van der Waals surface area contributed by atoms with Crippen LogP contribution in [0.3, 0.4) is 0 Å². The predicted octanol–water partition coefficient (Wildman–Crippen LogP) is 1.81. The van der Waals surface area contributed by atoms with Crippen LogP contribution < -0.4 is 4.90 Å². The molecule has 15 heavy (non-hydrogen) atoms. The molecule has 0 saturated carbocycles. The molecule has 0 aliphatic carbocycles. The van der Waals surface area contributed by atoms with E-state index in [0.29, 0.717) is 0 Å². The molecular formula is C12H18N2O. The van der Waals surface area contributed by atoms with Gasteiger partial charge in [-0.25, -0.2) is 4.98 Å². The van der Waals surface area contributed by atoms with Crippen molar-refractivity contribution in [3.63, 3.8) is 0 Å². The van der Waals surface area contributed by atoms with E-state index < -0.39 is 0 Å². The van der Waals surface area contributed by atoms with Crippen LogP contribution in [-0.4, -0.2) is 23.7 Å². The van der Waals surface area contributed by atoms with Crippen LogP contribution in [0.25, 0.3) is 0 Å². The topological polar surface area (TPSA) is 36.4 Å². The number of aryl methyl sites for hydroxylation is 2. The van der Waals surface area contributed by atoms with Gasteiger partial charge in [-0.15, -0.1) is 6.58 Å². The van der Waals surface area contributed by atoms with Crippen LogP contribution in [0.4, 0.5) is 5.82 Å². The quantitative estimate of drug-likeness (QED) is 0.763. The normalized spacial score (nSPS) is 10.1. The Kier molecular flexibility index (Phi) is 3.86. The van der Waals surface area contributed by atoms with Gasteiger partial charge in [0.15, 0.2) is 0 Å². The van der Waals surface area contributed by atoms with Gasteiger partial charge in [0, 0.05) is 24.8 Å². The fraction of sp³-hybridized carbons (Fsp3) is 0.417. The Labute approximate surface area is 91.1 Å². The molecule has 0 fully saturated rings. The van der Waals surface area contributed by atoms with E-state index in [1.54, 1.807) is 0 Å². The molecule has 0 aliphatic heterocycles. The van der Waals surface area contributed by atoms with Crippen molar-refractivity contribution >= 4 is 5.82 Å². The Hall–Kier alpha value is -1.35. The van der Waals surface area contributed by atoms with Gasteiger partial charge in [-0.3, -0.25) is 0 Å². The molecule has 0 amide bonds.